The summed E-state index contributed by atoms with van der Waals surface area (Å²) in [4.78, 5) is 0. The Kier molecular flexibility index (Phi) is 7.96. The van der Waals surface area contributed by atoms with Gasteiger partial charge in [0.05, 0.1) is 12.2 Å². The van der Waals surface area contributed by atoms with Gasteiger partial charge in [-0.05, 0) is 13.0 Å². The van der Waals surface area contributed by atoms with Crippen LogP contribution in [0.5, 0.6) is 0 Å². The first-order valence-electron chi connectivity index (χ1n) is 6.15. The van der Waals surface area contributed by atoms with Gasteiger partial charge < -0.3 is 10.1 Å². The molecular weight excluding hydrogens is 190 g/mol. The third-order valence-electron chi connectivity index (χ3n) is 2.48. The Balaban J connectivity index is 0.000000442. The topological polar surface area (TPSA) is 50.5 Å². The second-order valence-corrected chi connectivity index (χ2v) is 3.43. The average Bonchev–Trinajstić information content (AvgIpc) is 2.72. The van der Waals surface area contributed by atoms with Gasteiger partial charge in [0.2, 0.25) is 0 Å². The zero-order valence-electron chi connectivity index (χ0n) is 10.7. The highest BCUT2D eigenvalue weighted by Crippen LogP contribution is 2.22. The van der Waals surface area contributed by atoms with Crippen molar-refractivity contribution in [1.29, 1.82) is 0 Å². The van der Waals surface area contributed by atoms with Gasteiger partial charge in [0.25, 0.3) is 0 Å². The third kappa shape index (κ3) is 4.47. The zero-order valence-corrected chi connectivity index (χ0v) is 10.7. The monoisotopic (exact) mass is 217 g/mol. The Bertz CT molecular complexity index is 147. The summed E-state index contributed by atoms with van der Waals surface area (Å²) in [7, 11) is 0. The Hall–Kier alpha value is -0.160. The van der Waals surface area contributed by atoms with Gasteiger partial charge >= 0.3 is 0 Å². The van der Waals surface area contributed by atoms with Crippen LogP contribution in [0.2, 0.25) is 0 Å². The quantitative estimate of drug-likeness (QED) is 0.594. The largest absolute Gasteiger partial charge is 0.371 e. The van der Waals surface area contributed by atoms with Crippen molar-refractivity contribution >= 4 is 0 Å². The van der Waals surface area contributed by atoms with E-state index >= 15 is 0 Å². The molecule has 2 aliphatic heterocycles. The second kappa shape index (κ2) is 8.05. The minimum absolute atomic E-state index is 0.0347. The lowest BCUT2D eigenvalue weighted by atomic mass is 10.0. The smallest absolute Gasteiger partial charge is 0.0958 e. The van der Waals surface area contributed by atoms with Crippen LogP contribution in [0.25, 0.3) is 0 Å². The molecule has 15 heavy (non-hydrogen) atoms. The van der Waals surface area contributed by atoms with E-state index in [0.29, 0.717) is 0 Å². The van der Waals surface area contributed by atoms with Crippen LogP contribution in [-0.2, 0) is 4.74 Å². The minimum Gasteiger partial charge on any atom is -0.371 e. The van der Waals surface area contributed by atoms with E-state index in [2.05, 4.69) is 5.32 Å². The molecule has 0 aromatic carbocycles. The lowest BCUT2D eigenvalue weighted by Crippen LogP contribution is -2.55. The Morgan fingerprint density at radius 1 is 1.27 bits per heavy atom. The molecule has 0 aliphatic carbocycles. The van der Waals surface area contributed by atoms with Gasteiger partial charge in [-0.2, -0.15) is 0 Å². The molecule has 2 rings (SSSR count). The summed E-state index contributed by atoms with van der Waals surface area (Å²) in [6, 6.07) is 0. The van der Waals surface area contributed by atoms with Crippen molar-refractivity contribution in [2.45, 2.75) is 39.7 Å². The highest BCUT2D eigenvalue weighted by atomic mass is 16.5. The van der Waals surface area contributed by atoms with E-state index in [0.717, 1.165) is 39.2 Å². The summed E-state index contributed by atoms with van der Waals surface area (Å²) >= 11 is 0. The van der Waals surface area contributed by atoms with Crippen molar-refractivity contribution in [1.82, 2.24) is 10.3 Å². The molecule has 4 nitrogen and oxygen atoms in total. The molecule has 0 bridgehead atoms. The number of hydrogen-bond donors (Lipinski definition) is 2. The van der Waals surface area contributed by atoms with Gasteiger partial charge in [0.1, 0.15) is 0 Å². The van der Waals surface area contributed by atoms with Crippen LogP contribution in [-0.4, -0.2) is 43.4 Å². The van der Waals surface area contributed by atoms with Crippen LogP contribution in [0.3, 0.4) is 0 Å². The molecule has 3 N–H and O–H groups in total. The van der Waals surface area contributed by atoms with E-state index < -0.39 is 0 Å². The van der Waals surface area contributed by atoms with E-state index in [1.54, 1.807) is 0 Å². The number of nitrogens with two attached hydrogens (primary N) is 1. The van der Waals surface area contributed by atoms with Crippen molar-refractivity contribution in [3.8, 4) is 0 Å². The summed E-state index contributed by atoms with van der Waals surface area (Å²) in [5, 5.41) is 5.15. The van der Waals surface area contributed by atoms with Gasteiger partial charge in [-0.15, -0.1) is 0 Å². The molecule has 2 heterocycles. The standard InChI is InChI=1S/C7H15N3O.2C2H6/c8-10-3-4-11-7(6-10)1-2-9-5-7;2*1-2/h9H,1-6,8H2;2*1-2H3. The van der Waals surface area contributed by atoms with Crippen molar-refractivity contribution < 1.29 is 4.74 Å². The fraction of sp³-hybridized carbons (Fsp3) is 1.00. The Morgan fingerprint density at radius 3 is 2.40 bits per heavy atom. The molecule has 0 radical (unpaired) electrons. The summed E-state index contributed by atoms with van der Waals surface area (Å²) in [6.45, 7) is 12.5. The molecule has 2 saturated heterocycles. The number of morpholine rings is 1. The van der Waals surface area contributed by atoms with Crippen LogP contribution in [0.1, 0.15) is 34.1 Å². The van der Waals surface area contributed by atoms with Crippen molar-refractivity contribution in [2.24, 2.45) is 5.84 Å². The van der Waals surface area contributed by atoms with Crippen LogP contribution < -0.4 is 11.2 Å². The number of hydrazine groups is 1. The van der Waals surface area contributed by atoms with Crippen LogP contribution >= 0.6 is 0 Å². The molecule has 2 fully saturated rings. The first-order valence-corrected chi connectivity index (χ1v) is 6.15. The molecule has 1 atom stereocenters. The molecule has 1 spiro atoms. The summed E-state index contributed by atoms with van der Waals surface area (Å²) < 4.78 is 5.71. The number of ether oxygens (including phenoxy) is 1. The van der Waals surface area contributed by atoms with Gasteiger partial charge in [-0.3, -0.25) is 5.84 Å². The second-order valence-electron chi connectivity index (χ2n) is 3.43. The molecule has 0 aromatic rings. The molecular formula is C11H27N3O. The lowest BCUT2D eigenvalue weighted by Gasteiger charge is -2.37. The number of rotatable bonds is 0. The molecule has 1 unspecified atom stereocenters. The van der Waals surface area contributed by atoms with Gasteiger partial charge in [-0.25, -0.2) is 5.01 Å². The molecule has 4 heteroatoms. The molecule has 92 valence electrons. The molecule has 0 aromatic heterocycles. The predicted octanol–water partition coefficient (Wildman–Crippen LogP) is 0.977. The van der Waals surface area contributed by atoms with Crippen molar-refractivity contribution in [2.75, 3.05) is 32.8 Å². The van der Waals surface area contributed by atoms with Gasteiger partial charge in [0, 0.05) is 19.6 Å². The fourth-order valence-corrected chi connectivity index (χ4v) is 1.85. The third-order valence-corrected chi connectivity index (χ3v) is 2.48. The van der Waals surface area contributed by atoms with Crippen molar-refractivity contribution in [3.05, 3.63) is 0 Å². The van der Waals surface area contributed by atoms with E-state index in [1.807, 2.05) is 32.7 Å². The maximum Gasteiger partial charge on any atom is 0.0958 e. The molecule has 2 aliphatic rings. The van der Waals surface area contributed by atoms with E-state index in [4.69, 9.17) is 10.6 Å². The van der Waals surface area contributed by atoms with Crippen LogP contribution in [0, 0.1) is 0 Å². The molecule has 0 saturated carbocycles. The van der Waals surface area contributed by atoms with E-state index in [9.17, 15) is 0 Å². The van der Waals surface area contributed by atoms with Crippen LogP contribution in [0.15, 0.2) is 0 Å². The maximum atomic E-state index is 5.71. The summed E-state index contributed by atoms with van der Waals surface area (Å²) in [5.74, 6) is 5.71. The molecule has 0 amide bonds. The minimum atomic E-state index is 0.0347. The van der Waals surface area contributed by atoms with E-state index in [-0.39, 0.29) is 5.60 Å². The first-order chi connectivity index (χ1) is 7.31. The van der Waals surface area contributed by atoms with Crippen LogP contribution in [0.4, 0.5) is 0 Å². The summed E-state index contributed by atoms with van der Waals surface area (Å²) in [5.41, 5.74) is 0.0347. The highest BCUT2D eigenvalue weighted by molar-refractivity contribution is 4.93. The average molecular weight is 217 g/mol. The SMILES string of the molecule is CC.CC.NN1CCOC2(CCNC2)C1. The highest BCUT2D eigenvalue weighted by Gasteiger charge is 2.38. The van der Waals surface area contributed by atoms with Gasteiger partial charge in [0.15, 0.2) is 0 Å². The fourth-order valence-electron chi connectivity index (χ4n) is 1.85. The number of nitrogens with zero attached hydrogens (tertiary/aromatic N) is 1. The Morgan fingerprint density at radius 2 is 1.93 bits per heavy atom. The predicted molar refractivity (Wildman–Crippen MR) is 64.6 cm³/mol. The maximum absolute atomic E-state index is 5.71. The van der Waals surface area contributed by atoms with E-state index in [1.165, 1.54) is 0 Å². The Labute approximate surface area is 94.1 Å². The lowest BCUT2D eigenvalue weighted by molar-refractivity contribution is -0.0967. The number of hydrogen-bond acceptors (Lipinski definition) is 4. The summed E-state index contributed by atoms with van der Waals surface area (Å²) in [6.07, 6.45) is 1.10. The van der Waals surface area contributed by atoms with Crippen molar-refractivity contribution in [3.63, 3.8) is 0 Å². The first kappa shape index (κ1) is 14.8. The zero-order chi connectivity index (χ0) is 11.7. The normalized spacial score (nSPS) is 30.2. The van der Waals surface area contributed by atoms with Gasteiger partial charge in [-0.1, -0.05) is 27.7 Å². The number of nitrogens with one attached hydrogen (secondary N) is 1.